The Hall–Kier alpha value is -6.16. The van der Waals surface area contributed by atoms with Crippen LogP contribution >= 0.6 is 11.3 Å². The van der Waals surface area contributed by atoms with Gasteiger partial charge >= 0.3 is 0 Å². The molecule has 11 aromatic rings. The molecule has 0 saturated heterocycles. The summed E-state index contributed by atoms with van der Waals surface area (Å²) < 4.78 is 7.55. The number of thiophene rings is 1. The Balaban J connectivity index is 1.28. The number of para-hydroxylation sites is 3. The molecule has 3 heteroatoms. The normalized spacial score (nSPS) is 12.1. The van der Waals surface area contributed by atoms with Crippen molar-refractivity contribution in [3.8, 4) is 22.5 Å². The molecular formula is C46H28N2S. The van der Waals surface area contributed by atoms with Crippen LogP contribution in [-0.2, 0) is 0 Å². The second kappa shape index (κ2) is 10.2. The molecule has 0 radical (unpaired) electrons. The first kappa shape index (κ1) is 26.9. The summed E-state index contributed by atoms with van der Waals surface area (Å²) in [7, 11) is 0. The van der Waals surface area contributed by atoms with Gasteiger partial charge in [-0.3, -0.25) is 0 Å². The summed E-state index contributed by atoms with van der Waals surface area (Å²) >= 11 is 1.87. The van der Waals surface area contributed by atoms with Crippen LogP contribution in [-0.4, -0.2) is 9.13 Å². The van der Waals surface area contributed by atoms with Crippen molar-refractivity contribution in [3.05, 3.63) is 170 Å². The van der Waals surface area contributed by atoms with Crippen LogP contribution in [0.4, 0.5) is 0 Å². The summed E-state index contributed by atoms with van der Waals surface area (Å²) in [6, 6.07) is 62.5. The molecule has 0 N–H and O–H groups in total. The summed E-state index contributed by atoms with van der Waals surface area (Å²) in [5.41, 5.74) is 9.71. The van der Waals surface area contributed by atoms with Crippen LogP contribution in [0.2, 0.25) is 0 Å². The van der Waals surface area contributed by atoms with Gasteiger partial charge in [-0.2, -0.15) is 0 Å². The van der Waals surface area contributed by atoms with Crippen LogP contribution in [0.1, 0.15) is 0 Å². The van der Waals surface area contributed by atoms with Crippen molar-refractivity contribution >= 4 is 85.9 Å². The predicted molar refractivity (Wildman–Crippen MR) is 211 cm³/mol. The van der Waals surface area contributed by atoms with Gasteiger partial charge in [-0.1, -0.05) is 103 Å². The molecule has 3 aromatic heterocycles. The van der Waals surface area contributed by atoms with E-state index in [1.54, 1.807) is 0 Å². The molecule has 8 aromatic carbocycles. The molecule has 228 valence electrons. The summed E-state index contributed by atoms with van der Waals surface area (Å²) in [6.45, 7) is 0. The summed E-state index contributed by atoms with van der Waals surface area (Å²) in [5.74, 6) is 0. The van der Waals surface area contributed by atoms with Gasteiger partial charge in [-0.25, -0.2) is 0 Å². The number of aromatic nitrogens is 2. The first-order chi connectivity index (χ1) is 24.3. The van der Waals surface area contributed by atoms with Crippen molar-refractivity contribution in [1.29, 1.82) is 0 Å². The van der Waals surface area contributed by atoms with Gasteiger partial charge in [0, 0.05) is 58.7 Å². The summed E-state index contributed by atoms with van der Waals surface area (Å²) in [5, 5.41) is 10.2. The molecule has 0 aliphatic heterocycles. The van der Waals surface area contributed by atoms with E-state index < -0.39 is 0 Å². The molecule has 11 rings (SSSR count). The van der Waals surface area contributed by atoms with Gasteiger partial charge in [-0.15, -0.1) is 11.3 Å². The third kappa shape index (κ3) is 3.82. The van der Waals surface area contributed by atoms with Gasteiger partial charge in [0.25, 0.3) is 0 Å². The first-order valence-corrected chi connectivity index (χ1v) is 17.6. The first-order valence-electron chi connectivity index (χ1n) is 16.8. The van der Waals surface area contributed by atoms with Crippen LogP contribution < -0.4 is 0 Å². The van der Waals surface area contributed by atoms with Gasteiger partial charge in [0.05, 0.1) is 22.1 Å². The quantitative estimate of drug-likeness (QED) is 0.182. The topological polar surface area (TPSA) is 9.86 Å². The van der Waals surface area contributed by atoms with Crippen molar-refractivity contribution in [3.63, 3.8) is 0 Å². The molecule has 0 fully saturated rings. The van der Waals surface area contributed by atoms with E-state index in [1.807, 2.05) is 11.3 Å². The fourth-order valence-corrected chi connectivity index (χ4v) is 9.27. The van der Waals surface area contributed by atoms with E-state index in [0.29, 0.717) is 0 Å². The highest BCUT2D eigenvalue weighted by molar-refractivity contribution is 7.25. The Morgan fingerprint density at radius 2 is 0.980 bits per heavy atom. The zero-order chi connectivity index (χ0) is 32.1. The molecule has 0 atom stereocenters. The van der Waals surface area contributed by atoms with Gasteiger partial charge in [0.1, 0.15) is 0 Å². The van der Waals surface area contributed by atoms with Crippen LogP contribution in [0.5, 0.6) is 0 Å². The highest BCUT2D eigenvalue weighted by atomic mass is 32.1. The average Bonchev–Trinajstić information content (AvgIpc) is 3.81. The number of nitrogens with zero attached hydrogens (tertiary/aromatic N) is 2. The van der Waals surface area contributed by atoms with Crippen molar-refractivity contribution in [2.75, 3.05) is 0 Å². The highest BCUT2D eigenvalue weighted by Gasteiger charge is 2.21. The molecule has 2 nitrogen and oxygen atoms in total. The van der Waals surface area contributed by atoms with Crippen molar-refractivity contribution in [1.82, 2.24) is 9.13 Å². The largest absolute Gasteiger partial charge is 0.309 e. The zero-order valence-electron chi connectivity index (χ0n) is 26.5. The third-order valence-electron chi connectivity index (χ3n) is 10.3. The fraction of sp³-hybridized carbons (Fsp3) is 0. The number of hydrogen-bond acceptors (Lipinski definition) is 1. The minimum Gasteiger partial charge on any atom is -0.309 e. The van der Waals surface area contributed by atoms with Crippen molar-refractivity contribution < 1.29 is 0 Å². The van der Waals surface area contributed by atoms with E-state index in [-0.39, 0.29) is 0 Å². The smallest absolute Gasteiger partial charge is 0.0625 e. The minimum atomic E-state index is 1.16. The van der Waals surface area contributed by atoms with Gasteiger partial charge in [0.15, 0.2) is 0 Å². The number of hydrogen-bond donors (Lipinski definition) is 0. The maximum atomic E-state index is 2.51. The number of rotatable bonds is 3. The summed E-state index contributed by atoms with van der Waals surface area (Å²) in [6.07, 6.45) is 0. The molecule has 0 spiro atoms. The SMILES string of the molecule is c1ccc(-n2c3ccccc3c3cc(-n4c5ccccc5c5cc6ccccc6c(-c6ccc7sc8ccccc8c7c6)c54)ccc32)cc1. The van der Waals surface area contributed by atoms with Crippen LogP contribution in [0, 0.1) is 0 Å². The Labute approximate surface area is 286 Å². The maximum absolute atomic E-state index is 2.51. The predicted octanol–water partition coefficient (Wildman–Crippen LogP) is 13.1. The Morgan fingerprint density at radius 1 is 0.347 bits per heavy atom. The highest BCUT2D eigenvalue weighted by Crippen LogP contribution is 2.45. The molecule has 3 heterocycles. The monoisotopic (exact) mass is 640 g/mol. The lowest BCUT2D eigenvalue weighted by molar-refractivity contribution is 1.17. The Bertz CT molecular complexity index is 3100. The zero-order valence-corrected chi connectivity index (χ0v) is 27.3. The lowest BCUT2D eigenvalue weighted by atomic mass is 9.94. The fourth-order valence-electron chi connectivity index (χ4n) is 8.19. The molecule has 0 saturated carbocycles. The molecule has 0 aliphatic carbocycles. The third-order valence-corrected chi connectivity index (χ3v) is 11.4. The Kier molecular flexibility index (Phi) is 5.57. The molecule has 0 unspecified atom stereocenters. The van der Waals surface area contributed by atoms with E-state index in [1.165, 1.54) is 91.4 Å². The van der Waals surface area contributed by atoms with Crippen LogP contribution in [0.15, 0.2) is 170 Å². The summed E-state index contributed by atoms with van der Waals surface area (Å²) in [4.78, 5) is 0. The van der Waals surface area contributed by atoms with Crippen LogP contribution in [0.3, 0.4) is 0 Å². The van der Waals surface area contributed by atoms with Crippen molar-refractivity contribution in [2.24, 2.45) is 0 Å². The van der Waals surface area contributed by atoms with Crippen LogP contribution in [0.25, 0.3) is 97.1 Å². The van der Waals surface area contributed by atoms with Crippen molar-refractivity contribution in [2.45, 2.75) is 0 Å². The maximum Gasteiger partial charge on any atom is 0.0625 e. The number of benzene rings is 8. The second-order valence-electron chi connectivity index (χ2n) is 12.9. The molecule has 0 aliphatic rings. The standard InChI is InChI=1S/C46H28N2S/c1-2-13-31(14-3-1)47-40-19-9-6-16-34(40)37-28-32(23-24-42(37)47)48-41-20-10-7-17-35(41)39-26-29-12-4-5-15-33(29)45(46(39)48)30-22-25-44-38(27-30)36-18-8-11-21-43(36)49-44/h1-28H. The molecule has 0 amide bonds. The van der Waals surface area contributed by atoms with Gasteiger partial charge in [0.2, 0.25) is 0 Å². The Morgan fingerprint density at radius 3 is 1.82 bits per heavy atom. The molecule has 49 heavy (non-hydrogen) atoms. The van der Waals surface area contributed by atoms with Gasteiger partial charge in [-0.05, 0) is 83.1 Å². The average molecular weight is 641 g/mol. The lowest BCUT2D eigenvalue weighted by Crippen LogP contribution is -1.97. The van der Waals surface area contributed by atoms with E-state index in [2.05, 4.69) is 179 Å². The van der Waals surface area contributed by atoms with E-state index in [4.69, 9.17) is 0 Å². The van der Waals surface area contributed by atoms with E-state index in [0.717, 1.165) is 5.69 Å². The lowest BCUT2D eigenvalue weighted by Gasteiger charge is -2.15. The molecular weight excluding hydrogens is 613 g/mol. The minimum absolute atomic E-state index is 1.16. The van der Waals surface area contributed by atoms with Gasteiger partial charge < -0.3 is 9.13 Å². The molecule has 0 bridgehead atoms. The number of fused-ring (bicyclic) bond motifs is 10. The second-order valence-corrected chi connectivity index (χ2v) is 14.0. The van der Waals surface area contributed by atoms with E-state index in [9.17, 15) is 0 Å². The van der Waals surface area contributed by atoms with E-state index >= 15 is 0 Å².